The highest BCUT2D eigenvalue weighted by atomic mass is 16.6. The number of rotatable bonds is 4. The molecule has 1 N–H and O–H groups in total. The van der Waals surface area contributed by atoms with E-state index in [2.05, 4.69) is 9.94 Å². The Hall–Kier alpha value is -3.21. The highest BCUT2D eigenvalue weighted by Crippen LogP contribution is 2.26. The molecule has 0 fully saturated rings. The molecule has 0 bridgehead atoms. The summed E-state index contributed by atoms with van der Waals surface area (Å²) in [6.45, 7) is 6.01. The third-order valence-corrected chi connectivity index (χ3v) is 2.51. The van der Waals surface area contributed by atoms with Crippen LogP contribution in [0.15, 0.2) is 30.6 Å². The highest BCUT2D eigenvalue weighted by molar-refractivity contribution is 5.96. The molecule has 0 saturated carbocycles. The zero-order valence-corrected chi connectivity index (χ0v) is 10.1. The van der Waals surface area contributed by atoms with Crippen molar-refractivity contribution in [1.82, 2.24) is 9.78 Å². The van der Waals surface area contributed by atoms with Gasteiger partial charge in [-0.15, -0.1) is 0 Å². The molecule has 0 aliphatic rings. The number of Topliss-reactive ketones (excluding diaryl/α,β-unsaturated/α-hetero) is 1. The summed E-state index contributed by atoms with van der Waals surface area (Å²) in [7, 11) is 0. The van der Waals surface area contributed by atoms with Crippen molar-refractivity contribution >= 4 is 11.5 Å². The molecule has 0 saturated heterocycles. The standard InChI is InChI=1S/C12H8N4O4/c1-13-9-2-3-10(11(17)4-9)15-6-8(5-14-15)12(18)7-16(19)20/h2-6,17H,7H2. The van der Waals surface area contributed by atoms with Gasteiger partial charge in [-0.05, 0) is 12.1 Å². The van der Waals surface area contributed by atoms with Crippen LogP contribution in [-0.4, -0.2) is 32.1 Å². The Morgan fingerprint density at radius 1 is 1.55 bits per heavy atom. The Morgan fingerprint density at radius 3 is 2.90 bits per heavy atom. The second-order valence-electron chi connectivity index (χ2n) is 3.87. The maximum Gasteiger partial charge on any atom is 0.265 e. The summed E-state index contributed by atoms with van der Waals surface area (Å²) in [6, 6.07) is 4.22. The number of benzene rings is 1. The minimum Gasteiger partial charge on any atom is -0.507 e. The van der Waals surface area contributed by atoms with Gasteiger partial charge in [0.2, 0.25) is 5.78 Å². The summed E-state index contributed by atoms with van der Waals surface area (Å²) in [5.74, 6) is -0.839. The first-order valence-electron chi connectivity index (χ1n) is 5.42. The number of nitro groups is 1. The largest absolute Gasteiger partial charge is 0.507 e. The Labute approximate surface area is 112 Å². The van der Waals surface area contributed by atoms with Crippen LogP contribution in [0, 0.1) is 16.7 Å². The Bertz CT molecular complexity index is 729. The van der Waals surface area contributed by atoms with Gasteiger partial charge in [0.15, 0.2) is 5.69 Å². The molecule has 2 aromatic rings. The zero-order chi connectivity index (χ0) is 14.7. The fourth-order valence-corrected chi connectivity index (χ4v) is 1.58. The van der Waals surface area contributed by atoms with Crippen molar-refractivity contribution < 1.29 is 14.8 Å². The zero-order valence-electron chi connectivity index (χ0n) is 10.1. The average molecular weight is 272 g/mol. The van der Waals surface area contributed by atoms with Crippen molar-refractivity contribution in [2.24, 2.45) is 0 Å². The molecule has 1 aromatic carbocycles. The molecule has 0 amide bonds. The average Bonchev–Trinajstić information content (AvgIpc) is 2.87. The van der Waals surface area contributed by atoms with Crippen molar-refractivity contribution in [1.29, 1.82) is 0 Å². The predicted octanol–water partition coefficient (Wildman–Crippen LogP) is 1.59. The molecule has 0 aliphatic heterocycles. The lowest BCUT2D eigenvalue weighted by atomic mass is 10.2. The van der Waals surface area contributed by atoms with E-state index in [1.165, 1.54) is 35.3 Å². The molecule has 8 heteroatoms. The van der Waals surface area contributed by atoms with Crippen LogP contribution in [0.25, 0.3) is 10.5 Å². The normalized spacial score (nSPS) is 9.95. The number of carbonyl (C=O) groups is 1. The molecular weight excluding hydrogens is 264 g/mol. The predicted molar refractivity (Wildman–Crippen MR) is 67.7 cm³/mol. The van der Waals surface area contributed by atoms with E-state index in [9.17, 15) is 20.0 Å². The van der Waals surface area contributed by atoms with Gasteiger partial charge in [-0.25, -0.2) is 9.53 Å². The van der Waals surface area contributed by atoms with Crippen LogP contribution in [0.2, 0.25) is 0 Å². The summed E-state index contributed by atoms with van der Waals surface area (Å²) in [4.78, 5) is 24.2. The number of ketones is 1. The molecule has 1 aromatic heterocycles. The minimum absolute atomic E-state index is 0.0790. The van der Waals surface area contributed by atoms with E-state index in [-0.39, 0.29) is 22.7 Å². The van der Waals surface area contributed by atoms with E-state index in [1.807, 2.05) is 0 Å². The van der Waals surface area contributed by atoms with E-state index in [0.717, 1.165) is 0 Å². The molecule has 0 aliphatic carbocycles. The topological polar surface area (TPSA) is 103 Å². The second kappa shape index (κ2) is 5.19. The van der Waals surface area contributed by atoms with Gasteiger partial charge in [-0.3, -0.25) is 14.9 Å². The Balaban J connectivity index is 2.32. The van der Waals surface area contributed by atoms with Crippen LogP contribution >= 0.6 is 0 Å². The van der Waals surface area contributed by atoms with Crippen LogP contribution in [0.4, 0.5) is 5.69 Å². The molecule has 8 nitrogen and oxygen atoms in total. The third-order valence-electron chi connectivity index (χ3n) is 2.51. The summed E-state index contributed by atoms with van der Waals surface area (Å²) >= 11 is 0. The molecular formula is C12H8N4O4. The van der Waals surface area contributed by atoms with Gasteiger partial charge in [0.05, 0.1) is 18.3 Å². The van der Waals surface area contributed by atoms with Crippen LogP contribution in [0.1, 0.15) is 10.4 Å². The fourth-order valence-electron chi connectivity index (χ4n) is 1.58. The van der Waals surface area contributed by atoms with Crippen LogP contribution < -0.4 is 0 Å². The maximum atomic E-state index is 11.5. The lowest BCUT2D eigenvalue weighted by Crippen LogP contribution is -2.13. The molecule has 2 rings (SSSR count). The van der Waals surface area contributed by atoms with Gasteiger partial charge >= 0.3 is 0 Å². The van der Waals surface area contributed by atoms with Crippen LogP contribution in [0.5, 0.6) is 5.75 Å². The second-order valence-corrected chi connectivity index (χ2v) is 3.87. The van der Waals surface area contributed by atoms with Gasteiger partial charge in [-0.2, -0.15) is 5.10 Å². The first-order chi connectivity index (χ1) is 9.51. The van der Waals surface area contributed by atoms with Crippen molar-refractivity contribution in [2.75, 3.05) is 6.54 Å². The maximum absolute atomic E-state index is 11.5. The summed E-state index contributed by atoms with van der Waals surface area (Å²) in [5, 5.41) is 23.9. The van der Waals surface area contributed by atoms with Crippen molar-refractivity contribution in [2.45, 2.75) is 0 Å². The molecule has 0 unspecified atom stereocenters. The van der Waals surface area contributed by atoms with Crippen molar-refractivity contribution in [3.05, 3.63) is 57.7 Å². The highest BCUT2D eigenvalue weighted by Gasteiger charge is 2.16. The van der Waals surface area contributed by atoms with Crippen molar-refractivity contribution in [3.63, 3.8) is 0 Å². The molecule has 0 radical (unpaired) electrons. The third kappa shape index (κ3) is 2.62. The molecule has 20 heavy (non-hydrogen) atoms. The summed E-state index contributed by atoms with van der Waals surface area (Å²) in [6.07, 6.45) is 2.48. The smallest absolute Gasteiger partial charge is 0.265 e. The number of hydrogen-bond donors (Lipinski definition) is 1. The number of phenols is 1. The fraction of sp³-hybridized carbons (Fsp3) is 0.0833. The van der Waals surface area contributed by atoms with Gasteiger partial charge in [-0.1, -0.05) is 6.07 Å². The number of aromatic nitrogens is 2. The quantitative estimate of drug-likeness (QED) is 0.394. The van der Waals surface area contributed by atoms with E-state index < -0.39 is 17.3 Å². The number of phenolic OH excluding ortho intramolecular Hbond substituents is 1. The summed E-state index contributed by atoms with van der Waals surface area (Å²) in [5.41, 5.74) is 0.621. The summed E-state index contributed by atoms with van der Waals surface area (Å²) < 4.78 is 1.22. The van der Waals surface area contributed by atoms with Gasteiger partial charge in [0, 0.05) is 11.1 Å². The Morgan fingerprint density at radius 2 is 2.30 bits per heavy atom. The van der Waals surface area contributed by atoms with Gasteiger partial charge < -0.3 is 5.11 Å². The van der Waals surface area contributed by atoms with E-state index in [4.69, 9.17) is 6.57 Å². The van der Waals surface area contributed by atoms with E-state index >= 15 is 0 Å². The van der Waals surface area contributed by atoms with E-state index in [1.54, 1.807) is 0 Å². The van der Waals surface area contributed by atoms with Crippen molar-refractivity contribution in [3.8, 4) is 11.4 Å². The molecule has 0 atom stereocenters. The number of aromatic hydroxyl groups is 1. The van der Waals surface area contributed by atoms with Gasteiger partial charge in [0.25, 0.3) is 6.54 Å². The van der Waals surface area contributed by atoms with Crippen LogP contribution in [-0.2, 0) is 0 Å². The molecule has 1 heterocycles. The van der Waals surface area contributed by atoms with Gasteiger partial charge in [0.1, 0.15) is 11.4 Å². The SMILES string of the molecule is [C-]#[N+]c1ccc(-n2cc(C(=O)C[N+](=O)[O-])cn2)c(O)c1. The molecule has 100 valence electrons. The molecule has 0 spiro atoms. The number of carbonyl (C=O) groups excluding carboxylic acids is 1. The Kier molecular flexibility index (Phi) is 3.43. The van der Waals surface area contributed by atoms with E-state index in [0.29, 0.717) is 0 Å². The monoisotopic (exact) mass is 272 g/mol. The lowest BCUT2D eigenvalue weighted by Gasteiger charge is -2.04. The number of nitrogens with zero attached hydrogens (tertiary/aromatic N) is 4. The van der Waals surface area contributed by atoms with Crippen LogP contribution in [0.3, 0.4) is 0 Å². The number of hydrogen-bond acceptors (Lipinski definition) is 5. The minimum atomic E-state index is -0.811. The lowest BCUT2D eigenvalue weighted by molar-refractivity contribution is -0.465. The first-order valence-corrected chi connectivity index (χ1v) is 5.42. The first kappa shape index (κ1) is 13.2.